The van der Waals surface area contributed by atoms with Crippen molar-refractivity contribution in [3.05, 3.63) is 40.5 Å². The van der Waals surface area contributed by atoms with Crippen molar-refractivity contribution in [2.75, 3.05) is 0 Å². The molecule has 0 saturated carbocycles. The van der Waals surface area contributed by atoms with E-state index in [2.05, 4.69) is 15.9 Å². The highest BCUT2D eigenvalue weighted by Crippen LogP contribution is 2.17. The van der Waals surface area contributed by atoms with Gasteiger partial charge in [-0.3, -0.25) is 14.5 Å². The monoisotopic (exact) mass is 281 g/mol. The molecule has 0 spiro atoms. The van der Waals surface area contributed by atoms with Gasteiger partial charge in [0.2, 0.25) is 11.8 Å². The van der Waals surface area contributed by atoms with Crippen molar-refractivity contribution in [3.63, 3.8) is 0 Å². The minimum absolute atomic E-state index is 0.296. The Morgan fingerprint density at radius 1 is 1.19 bits per heavy atom. The van der Waals surface area contributed by atoms with E-state index in [9.17, 15) is 9.59 Å². The fraction of sp³-hybridized carbons (Fsp3) is 0.167. The summed E-state index contributed by atoms with van der Waals surface area (Å²) in [6.45, 7) is 2.71. The Kier molecular flexibility index (Phi) is 4.43. The second-order valence-electron chi connectivity index (χ2n) is 3.25. The van der Waals surface area contributed by atoms with Gasteiger partial charge in [-0.15, -0.1) is 0 Å². The molecule has 0 aliphatic heterocycles. The first-order valence-corrected chi connectivity index (χ1v) is 5.55. The van der Waals surface area contributed by atoms with Crippen LogP contribution in [0.15, 0.2) is 34.9 Å². The molecule has 0 bridgehead atoms. The van der Waals surface area contributed by atoms with Crippen LogP contribution in [0.4, 0.5) is 0 Å². The molecule has 3 nitrogen and oxygen atoms in total. The van der Waals surface area contributed by atoms with Crippen molar-refractivity contribution in [2.45, 2.75) is 13.8 Å². The Bertz CT molecular complexity index is 426. The van der Waals surface area contributed by atoms with Crippen LogP contribution in [-0.2, 0) is 9.59 Å². The summed E-state index contributed by atoms with van der Waals surface area (Å²) >= 11 is 3.38. The molecule has 1 aromatic rings. The summed E-state index contributed by atoms with van der Waals surface area (Å²) < 4.78 is 0.915. The smallest absolute Gasteiger partial charge is 0.230 e. The highest BCUT2D eigenvalue weighted by atomic mass is 79.9. The van der Waals surface area contributed by atoms with Crippen LogP contribution in [0.1, 0.15) is 19.4 Å². The van der Waals surface area contributed by atoms with Crippen LogP contribution in [0.3, 0.4) is 0 Å². The largest absolute Gasteiger partial charge is 0.274 e. The number of hydrogen-bond acceptors (Lipinski definition) is 2. The van der Waals surface area contributed by atoms with Gasteiger partial charge in [-0.25, -0.2) is 0 Å². The molecule has 2 amide bonds. The third kappa shape index (κ3) is 3.31. The van der Waals surface area contributed by atoms with Crippen molar-refractivity contribution >= 4 is 33.8 Å². The summed E-state index contributed by atoms with van der Waals surface area (Å²) in [6.07, 6.45) is 3.19. The molecule has 0 aliphatic carbocycles. The first-order valence-electron chi connectivity index (χ1n) is 4.75. The molecule has 0 fully saturated rings. The number of hydrogen-bond donors (Lipinski definition) is 0. The van der Waals surface area contributed by atoms with Crippen LogP contribution in [0.2, 0.25) is 0 Å². The molecule has 0 heterocycles. The van der Waals surface area contributed by atoms with Gasteiger partial charge in [0.1, 0.15) is 0 Å². The molecule has 0 atom stereocenters. The molecule has 0 radical (unpaired) electrons. The lowest BCUT2D eigenvalue weighted by atomic mass is 10.2. The van der Waals surface area contributed by atoms with Gasteiger partial charge in [0, 0.05) is 24.5 Å². The van der Waals surface area contributed by atoms with Crippen LogP contribution >= 0.6 is 15.9 Å². The SMILES string of the molecule is CC(=O)N(/C=C/c1ccccc1Br)C(C)=O. The molecule has 4 heteroatoms. The summed E-state index contributed by atoms with van der Waals surface area (Å²) in [7, 11) is 0. The molecule has 0 aliphatic rings. The van der Waals surface area contributed by atoms with Crippen molar-refractivity contribution < 1.29 is 9.59 Å². The fourth-order valence-electron chi connectivity index (χ4n) is 1.20. The van der Waals surface area contributed by atoms with Crippen LogP contribution in [0, 0.1) is 0 Å². The normalized spacial score (nSPS) is 10.4. The second-order valence-corrected chi connectivity index (χ2v) is 4.10. The van der Waals surface area contributed by atoms with Gasteiger partial charge in [-0.05, 0) is 17.7 Å². The molecule has 0 unspecified atom stereocenters. The number of imide groups is 1. The minimum atomic E-state index is -0.296. The first-order chi connectivity index (χ1) is 7.52. The highest BCUT2D eigenvalue weighted by molar-refractivity contribution is 9.10. The number of carbonyl (C=O) groups is 2. The molecule has 1 rings (SSSR count). The Hall–Kier alpha value is -1.42. The first kappa shape index (κ1) is 12.6. The van der Waals surface area contributed by atoms with Crippen LogP contribution in [-0.4, -0.2) is 16.7 Å². The summed E-state index contributed by atoms with van der Waals surface area (Å²) in [5.74, 6) is -0.591. The van der Waals surface area contributed by atoms with Gasteiger partial charge in [0.25, 0.3) is 0 Å². The van der Waals surface area contributed by atoms with Gasteiger partial charge in [-0.2, -0.15) is 0 Å². The topological polar surface area (TPSA) is 37.4 Å². The number of carbonyl (C=O) groups excluding carboxylic acids is 2. The van der Waals surface area contributed by atoms with Crippen LogP contribution in [0.25, 0.3) is 6.08 Å². The molecular formula is C12H12BrNO2. The van der Waals surface area contributed by atoms with E-state index in [1.807, 2.05) is 24.3 Å². The summed E-state index contributed by atoms with van der Waals surface area (Å²) in [5.41, 5.74) is 0.912. The van der Waals surface area contributed by atoms with E-state index in [4.69, 9.17) is 0 Å². The molecule has 84 valence electrons. The zero-order valence-electron chi connectivity index (χ0n) is 9.11. The van der Waals surface area contributed by atoms with E-state index in [0.717, 1.165) is 14.9 Å². The Balaban J connectivity index is 2.91. The third-order valence-corrected chi connectivity index (χ3v) is 2.71. The van der Waals surface area contributed by atoms with E-state index in [-0.39, 0.29) is 11.8 Å². The van der Waals surface area contributed by atoms with E-state index < -0.39 is 0 Å². The average molecular weight is 282 g/mol. The van der Waals surface area contributed by atoms with Gasteiger partial charge in [0.15, 0.2) is 0 Å². The average Bonchev–Trinajstić information content (AvgIpc) is 2.20. The van der Waals surface area contributed by atoms with Crippen molar-refractivity contribution in [1.29, 1.82) is 0 Å². The lowest BCUT2D eigenvalue weighted by Crippen LogP contribution is -2.27. The van der Waals surface area contributed by atoms with Gasteiger partial charge in [-0.1, -0.05) is 34.1 Å². The van der Waals surface area contributed by atoms with Crippen LogP contribution < -0.4 is 0 Å². The van der Waals surface area contributed by atoms with Gasteiger partial charge in [0.05, 0.1) is 0 Å². The van der Waals surface area contributed by atoms with E-state index in [1.165, 1.54) is 20.0 Å². The van der Waals surface area contributed by atoms with Crippen molar-refractivity contribution in [2.24, 2.45) is 0 Å². The lowest BCUT2D eigenvalue weighted by Gasteiger charge is -2.10. The maximum atomic E-state index is 11.1. The molecular weight excluding hydrogens is 270 g/mol. The molecule has 0 aromatic heterocycles. The Morgan fingerprint density at radius 3 is 2.25 bits per heavy atom. The number of amides is 2. The zero-order chi connectivity index (χ0) is 12.1. The quantitative estimate of drug-likeness (QED) is 0.836. The molecule has 1 aromatic carbocycles. The number of rotatable bonds is 2. The maximum absolute atomic E-state index is 11.1. The van der Waals surface area contributed by atoms with E-state index in [0.29, 0.717) is 0 Å². The minimum Gasteiger partial charge on any atom is -0.274 e. The summed E-state index contributed by atoms with van der Waals surface area (Å²) in [6, 6.07) is 7.57. The van der Waals surface area contributed by atoms with Crippen molar-refractivity contribution in [3.8, 4) is 0 Å². The molecule has 16 heavy (non-hydrogen) atoms. The Morgan fingerprint density at radius 2 is 1.75 bits per heavy atom. The standard InChI is InChI=1S/C12H12BrNO2/c1-9(15)14(10(2)16)8-7-11-5-3-4-6-12(11)13/h3-8H,1-2H3/b8-7+. The number of benzene rings is 1. The third-order valence-electron chi connectivity index (χ3n) is 1.99. The Labute approximate surface area is 103 Å². The van der Waals surface area contributed by atoms with E-state index >= 15 is 0 Å². The van der Waals surface area contributed by atoms with Crippen molar-refractivity contribution in [1.82, 2.24) is 4.90 Å². The van der Waals surface area contributed by atoms with E-state index in [1.54, 1.807) is 6.08 Å². The predicted molar refractivity (Wildman–Crippen MR) is 66.4 cm³/mol. The summed E-state index contributed by atoms with van der Waals surface area (Å²) in [5, 5.41) is 0. The predicted octanol–water partition coefficient (Wildman–Crippen LogP) is 2.81. The van der Waals surface area contributed by atoms with Crippen LogP contribution in [0.5, 0.6) is 0 Å². The number of halogens is 1. The van der Waals surface area contributed by atoms with Gasteiger partial charge >= 0.3 is 0 Å². The molecule has 0 N–H and O–H groups in total. The highest BCUT2D eigenvalue weighted by Gasteiger charge is 2.09. The number of nitrogens with zero attached hydrogens (tertiary/aromatic N) is 1. The zero-order valence-corrected chi connectivity index (χ0v) is 10.7. The van der Waals surface area contributed by atoms with Gasteiger partial charge < -0.3 is 0 Å². The molecule has 0 saturated heterocycles. The summed E-state index contributed by atoms with van der Waals surface area (Å²) in [4.78, 5) is 23.3. The maximum Gasteiger partial charge on any atom is 0.230 e. The fourth-order valence-corrected chi connectivity index (χ4v) is 1.61. The second kappa shape index (κ2) is 5.61. The lowest BCUT2D eigenvalue weighted by molar-refractivity contribution is -0.138.